The van der Waals surface area contributed by atoms with E-state index < -0.39 is 5.41 Å². The maximum Gasteiger partial charge on any atom is 0.254 e. The molecule has 0 fully saturated rings. The Hall–Kier alpha value is -5.22. The number of carbonyl (C=O) groups excluding carboxylic acids is 1. The van der Waals surface area contributed by atoms with Crippen molar-refractivity contribution in [3.8, 4) is 17.0 Å². The van der Waals surface area contributed by atoms with Gasteiger partial charge in [0, 0.05) is 50.2 Å². The van der Waals surface area contributed by atoms with Gasteiger partial charge in [-0.1, -0.05) is 83.1 Å². The molecule has 0 bridgehead atoms. The van der Waals surface area contributed by atoms with Crippen molar-refractivity contribution in [1.29, 1.82) is 0 Å². The van der Waals surface area contributed by atoms with Crippen LogP contribution in [0.2, 0.25) is 0 Å². The standard InChI is InChI=1S/C40H41FN6O2S/c1-39(2,3)50-36-31-20-30(49-24-29-16-14-26-8-6-7-9-33(26)45-29)17-19-34(31)47(35(36)21-40(4,5)37(48)46-38(42)43)23-25-10-12-27(13-11-25)32-18-15-28(41)22-44-32/h6-20,22H,21,23-24H2,1-5H3,(H4,42,43,46,48). The Balaban J connectivity index is 1.42. The summed E-state index contributed by atoms with van der Waals surface area (Å²) in [5, 5.41) is 2.11. The van der Waals surface area contributed by atoms with Crippen LogP contribution in [0.4, 0.5) is 4.39 Å². The molecule has 0 saturated carbocycles. The molecule has 0 unspecified atom stereocenters. The second-order valence-electron chi connectivity index (χ2n) is 14.0. The van der Waals surface area contributed by atoms with Gasteiger partial charge in [0.1, 0.15) is 18.2 Å². The van der Waals surface area contributed by atoms with Crippen molar-refractivity contribution in [2.24, 2.45) is 21.9 Å². The van der Waals surface area contributed by atoms with Crippen LogP contribution in [0.25, 0.3) is 33.1 Å². The van der Waals surface area contributed by atoms with E-state index in [0.29, 0.717) is 25.3 Å². The number of guanidine groups is 1. The summed E-state index contributed by atoms with van der Waals surface area (Å²) in [4.78, 5) is 27.3. The van der Waals surface area contributed by atoms with Crippen LogP contribution in [-0.2, 0) is 24.4 Å². The first-order valence-corrected chi connectivity index (χ1v) is 17.2. The lowest BCUT2D eigenvalue weighted by Crippen LogP contribution is -2.32. The quantitative estimate of drug-likeness (QED) is 0.0844. The molecule has 10 heteroatoms. The van der Waals surface area contributed by atoms with Crippen LogP contribution in [0.3, 0.4) is 0 Å². The molecule has 6 rings (SSSR count). The molecule has 0 atom stereocenters. The Morgan fingerprint density at radius 2 is 1.70 bits per heavy atom. The third kappa shape index (κ3) is 7.97. The van der Waals surface area contributed by atoms with Gasteiger partial charge in [0.15, 0.2) is 5.96 Å². The van der Waals surface area contributed by atoms with Crippen molar-refractivity contribution in [3.63, 3.8) is 0 Å². The lowest BCUT2D eigenvalue weighted by Gasteiger charge is -2.25. The first kappa shape index (κ1) is 34.6. The van der Waals surface area contributed by atoms with Gasteiger partial charge >= 0.3 is 0 Å². The molecule has 3 aromatic carbocycles. The zero-order valence-corrected chi connectivity index (χ0v) is 29.7. The van der Waals surface area contributed by atoms with E-state index in [2.05, 4.69) is 65.6 Å². The number of benzene rings is 3. The predicted molar refractivity (Wildman–Crippen MR) is 201 cm³/mol. The van der Waals surface area contributed by atoms with Gasteiger partial charge in [-0.2, -0.15) is 4.99 Å². The summed E-state index contributed by atoms with van der Waals surface area (Å²) < 4.78 is 22.0. The first-order chi connectivity index (χ1) is 23.8. The van der Waals surface area contributed by atoms with Gasteiger partial charge in [-0.05, 0) is 48.0 Å². The lowest BCUT2D eigenvalue weighted by molar-refractivity contribution is -0.125. The second-order valence-corrected chi connectivity index (χ2v) is 15.8. The summed E-state index contributed by atoms with van der Waals surface area (Å²) >= 11 is 1.76. The highest BCUT2D eigenvalue weighted by molar-refractivity contribution is 8.00. The maximum atomic E-state index is 13.5. The van der Waals surface area contributed by atoms with Gasteiger partial charge < -0.3 is 20.8 Å². The molecule has 50 heavy (non-hydrogen) atoms. The zero-order chi connectivity index (χ0) is 35.6. The fourth-order valence-corrected chi connectivity index (χ4v) is 7.03. The Morgan fingerprint density at radius 1 is 0.940 bits per heavy atom. The molecule has 0 saturated heterocycles. The molecule has 6 aromatic rings. The number of amides is 1. The summed E-state index contributed by atoms with van der Waals surface area (Å²) in [6.07, 6.45) is 1.61. The molecule has 256 valence electrons. The highest BCUT2D eigenvalue weighted by atomic mass is 32.2. The Kier molecular flexibility index (Phi) is 9.67. The van der Waals surface area contributed by atoms with Gasteiger partial charge in [-0.3, -0.25) is 9.78 Å². The normalized spacial score (nSPS) is 12.0. The lowest BCUT2D eigenvalue weighted by atomic mass is 9.86. The number of aliphatic imine (C=N–C) groups is 1. The number of hydrogen-bond donors (Lipinski definition) is 2. The predicted octanol–water partition coefficient (Wildman–Crippen LogP) is 8.28. The summed E-state index contributed by atoms with van der Waals surface area (Å²) in [7, 11) is 0. The van der Waals surface area contributed by atoms with Crippen LogP contribution in [0.5, 0.6) is 5.75 Å². The fourth-order valence-electron chi connectivity index (χ4n) is 5.84. The van der Waals surface area contributed by atoms with Crippen LogP contribution in [0.1, 0.15) is 51.6 Å². The van der Waals surface area contributed by atoms with Crippen LogP contribution >= 0.6 is 11.8 Å². The van der Waals surface area contributed by atoms with E-state index in [9.17, 15) is 9.18 Å². The van der Waals surface area contributed by atoms with E-state index in [4.69, 9.17) is 21.2 Å². The molecule has 1 amide bonds. The maximum absolute atomic E-state index is 13.5. The molecule has 0 spiro atoms. The van der Waals surface area contributed by atoms with Crippen molar-refractivity contribution >= 4 is 45.4 Å². The largest absolute Gasteiger partial charge is 0.487 e. The minimum Gasteiger partial charge on any atom is -0.487 e. The van der Waals surface area contributed by atoms with Crippen molar-refractivity contribution in [2.75, 3.05) is 0 Å². The minimum atomic E-state index is -0.900. The first-order valence-electron chi connectivity index (χ1n) is 16.4. The molecule has 8 nitrogen and oxygen atoms in total. The number of carbonyl (C=O) groups is 1. The van der Waals surface area contributed by atoms with Gasteiger partial charge in [0.2, 0.25) is 0 Å². The van der Waals surface area contributed by atoms with Crippen LogP contribution in [0.15, 0.2) is 107 Å². The summed E-state index contributed by atoms with van der Waals surface area (Å²) in [5.41, 5.74) is 16.8. The van der Waals surface area contributed by atoms with E-state index in [-0.39, 0.29) is 22.4 Å². The number of nitrogens with zero attached hydrogens (tertiary/aromatic N) is 4. The van der Waals surface area contributed by atoms with Crippen molar-refractivity contribution in [1.82, 2.24) is 14.5 Å². The average Bonchev–Trinajstić information content (AvgIpc) is 3.33. The molecule has 0 aliphatic heterocycles. The number of ether oxygens (including phenoxy) is 1. The summed E-state index contributed by atoms with van der Waals surface area (Å²) in [6.45, 7) is 11.1. The molecule has 0 aliphatic rings. The zero-order valence-electron chi connectivity index (χ0n) is 28.9. The second kappa shape index (κ2) is 14.0. The number of nitrogens with two attached hydrogens (primary N) is 2. The highest BCUT2D eigenvalue weighted by Gasteiger charge is 2.33. The molecular formula is C40H41FN6O2S. The van der Waals surface area contributed by atoms with Crippen LogP contribution in [0, 0.1) is 11.2 Å². The summed E-state index contributed by atoms with van der Waals surface area (Å²) in [6, 6.07) is 29.4. The number of rotatable bonds is 10. The third-order valence-corrected chi connectivity index (χ3v) is 9.55. The van der Waals surface area contributed by atoms with Crippen molar-refractivity contribution in [3.05, 3.63) is 120 Å². The number of thioether (sulfide) groups is 1. The molecule has 3 aromatic heterocycles. The number of pyridine rings is 2. The van der Waals surface area contributed by atoms with E-state index in [1.54, 1.807) is 17.8 Å². The Morgan fingerprint density at radius 3 is 2.40 bits per heavy atom. The molecule has 0 radical (unpaired) electrons. The molecule has 0 aliphatic carbocycles. The topological polar surface area (TPSA) is 121 Å². The average molecular weight is 689 g/mol. The minimum absolute atomic E-state index is 0.141. The molecule has 4 N–H and O–H groups in total. The van der Waals surface area contributed by atoms with Crippen LogP contribution in [-0.4, -0.2) is 31.1 Å². The van der Waals surface area contributed by atoms with Gasteiger partial charge in [0.25, 0.3) is 5.91 Å². The van der Waals surface area contributed by atoms with E-state index >= 15 is 0 Å². The molecule has 3 heterocycles. The van der Waals surface area contributed by atoms with Crippen molar-refractivity contribution < 1.29 is 13.9 Å². The monoisotopic (exact) mass is 688 g/mol. The van der Waals surface area contributed by atoms with E-state index in [1.807, 2.05) is 62.4 Å². The van der Waals surface area contributed by atoms with Crippen LogP contribution < -0.4 is 16.2 Å². The molecular weight excluding hydrogens is 648 g/mol. The smallest absolute Gasteiger partial charge is 0.254 e. The number of fused-ring (bicyclic) bond motifs is 2. The SMILES string of the molecule is CC(C)(C)Sc1c(CC(C)(C)C(=O)N=C(N)N)n(Cc2ccc(-c3ccc(F)cn3)cc2)c2ccc(OCc3ccc4ccccc4n3)cc12. The van der Waals surface area contributed by atoms with Crippen molar-refractivity contribution in [2.45, 2.75) is 63.8 Å². The number of para-hydroxylation sites is 1. The van der Waals surface area contributed by atoms with Gasteiger partial charge in [-0.15, -0.1) is 11.8 Å². The fraction of sp³-hybridized carbons (Fsp3) is 0.250. The Bertz CT molecular complexity index is 2200. The third-order valence-electron chi connectivity index (χ3n) is 8.28. The number of halogens is 1. The number of hydrogen-bond acceptors (Lipinski definition) is 5. The number of aromatic nitrogens is 3. The highest BCUT2D eigenvalue weighted by Crippen LogP contribution is 2.44. The van der Waals surface area contributed by atoms with Gasteiger partial charge in [-0.25, -0.2) is 9.37 Å². The Labute approximate surface area is 295 Å². The van der Waals surface area contributed by atoms with Gasteiger partial charge in [0.05, 0.1) is 28.5 Å². The van der Waals surface area contributed by atoms with E-state index in [1.165, 1.54) is 12.3 Å². The summed E-state index contributed by atoms with van der Waals surface area (Å²) in [5.74, 6) is -0.296. The van der Waals surface area contributed by atoms with E-state index in [0.717, 1.165) is 55.0 Å².